The zero-order chi connectivity index (χ0) is 16.5. The molecule has 0 fully saturated rings. The predicted molar refractivity (Wildman–Crippen MR) is 87.3 cm³/mol. The van der Waals surface area contributed by atoms with Crippen LogP contribution in [0.2, 0.25) is 0 Å². The van der Waals surface area contributed by atoms with Crippen LogP contribution in [0.15, 0.2) is 48.5 Å². The lowest BCUT2D eigenvalue weighted by molar-refractivity contribution is -0.142. The Labute approximate surface area is 135 Å². The van der Waals surface area contributed by atoms with Crippen LogP contribution in [0.5, 0.6) is 0 Å². The molecule has 0 saturated heterocycles. The summed E-state index contributed by atoms with van der Waals surface area (Å²) in [7, 11) is 0. The van der Waals surface area contributed by atoms with E-state index >= 15 is 0 Å². The lowest BCUT2D eigenvalue weighted by Gasteiger charge is -2.02. The van der Waals surface area contributed by atoms with Gasteiger partial charge in [0.1, 0.15) is 6.61 Å². The molecule has 2 aromatic carbocycles. The number of benzene rings is 2. The quantitative estimate of drug-likeness (QED) is 0.524. The minimum Gasteiger partial charge on any atom is -0.480 e. The minimum absolute atomic E-state index is 0.268. The van der Waals surface area contributed by atoms with Crippen LogP contribution in [-0.2, 0) is 16.0 Å². The van der Waals surface area contributed by atoms with E-state index in [1.807, 2.05) is 36.4 Å². The Hall–Kier alpha value is -3.08. The molecule has 0 saturated carbocycles. The number of carboxylic acid groups (broad SMARTS) is 1. The van der Waals surface area contributed by atoms with Crippen LogP contribution in [0, 0.1) is 18.4 Å². The van der Waals surface area contributed by atoms with Gasteiger partial charge >= 0.3 is 5.97 Å². The Kier molecular flexibility index (Phi) is 5.94. The van der Waals surface area contributed by atoms with E-state index in [0.29, 0.717) is 18.7 Å². The first kappa shape index (κ1) is 16.3. The summed E-state index contributed by atoms with van der Waals surface area (Å²) >= 11 is 0. The van der Waals surface area contributed by atoms with E-state index < -0.39 is 5.97 Å². The monoisotopic (exact) mass is 305 g/mol. The van der Waals surface area contributed by atoms with Crippen molar-refractivity contribution >= 4 is 11.7 Å². The van der Waals surface area contributed by atoms with Gasteiger partial charge in [0.05, 0.1) is 13.2 Å². The number of carbonyl (C=O) groups is 1. The Morgan fingerprint density at radius 3 is 2.13 bits per heavy atom. The summed E-state index contributed by atoms with van der Waals surface area (Å²) in [6.45, 7) is 7.01. The Morgan fingerprint density at radius 1 is 1.04 bits per heavy atom. The first-order valence-electron chi connectivity index (χ1n) is 7.05. The van der Waals surface area contributed by atoms with Crippen molar-refractivity contribution in [2.45, 2.75) is 6.42 Å². The van der Waals surface area contributed by atoms with Crippen molar-refractivity contribution in [1.82, 2.24) is 0 Å². The van der Waals surface area contributed by atoms with E-state index in [9.17, 15) is 4.79 Å². The number of hydrogen-bond acceptors (Lipinski definition) is 2. The lowest BCUT2D eigenvalue weighted by atomic mass is 10.1. The Balaban J connectivity index is 1.91. The zero-order valence-corrected chi connectivity index (χ0v) is 12.5. The molecular formula is C19H15NO3. The van der Waals surface area contributed by atoms with E-state index in [2.05, 4.69) is 16.7 Å². The van der Waals surface area contributed by atoms with Crippen LogP contribution in [0.3, 0.4) is 0 Å². The van der Waals surface area contributed by atoms with Crippen molar-refractivity contribution in [3.05, 3.63) is 76.6 Å². The highest BCUT2D eigenvalue weighted by Crippen LogP contribution is 2.12. The number of aliphatic carboxylic acids is 1. The molecule has 0 atom stereocenters. The molecular weight excluding hydrogens is 290 g/mol. The van der Waals surface area contributed by atoms with E-state index in [1.165, 1.54) is 0 Å². The van der Waals surface area contributed by atoms with Crippen molar-refractivity contribution in [1.29, 1.82) is 0 Å². The van der Waals surface area contributed by atoms with Crippen molar-refractivity contribution in [2.75, 3.05) is 13.2 Å². The van der Waals surface area contributed by atoms with E-state index in [-0.39, 0.29) is 6.61 Å². The van der Waals surface area contributed by atoms with Gasteiger partial charge in [0.25, 0.3) is 0 Å². The molecule has 0 heterocycles. The number of carboxylic acids is 1. The fourth-order valence-corrected chi connectivity index (χ4v) is 1.87. The third kappa shape index (κ3) is 5.67. The normalized spacial score (nSPS) is 9.52. The Morgan fingerprint density at radius 2 is 1.61 bits per heavy atom. The van der Waals surface area contributed by atoms with Gasteiger partial charge in [0.2, 0.25) is 0 Å². The maximum Gasteiger partial charge on any atom is 0.329 e. The molecule has 0 radical (unpaired) electrons. The highest BCUT2D eigenvalue weighted by Gasteiger charge is 1.97. The largest absolute Gasteiger partial charge is 0.480 e. The molecule has 1 N–H and O–H groups in total. The van der Waals surface area contributed by atoms with Crippen molar-refractivity contribution in [3.8, 4) is 11.8 Å². The summed E-state index contributed by atoms with van der Waals surface area (Å²) in [5.41, 5.74) is 3.44. The molecule has 114 valence electrons. The van der Waals surface area contributed by atoms with Gasteiger partial charge < -0.3 is 9.84 Å². The summed E-state index contributed by atoms with van der Waals surface area (Å²) in [4.78, 5) is 13.7. The zero-order valence-electron chi connectivity index (χ0n) is 12.5. The number of nitrogens with zero attached hydrogens (tertiary/aromatic N) is 1. The molecule has 4 heteroatoms. The van der Waals surface area contributed by atoms with Crippen molar-refractivity contribution < 1.29 is 14.6 Å². The van der Waals surface area contributed by atoms with Gasteiger partial charge in [0, 0.05) is 11.1 Å². The highest BCUT2D eigenvalue weighted by atomic mass is 16.5. The summed E-state index contributed by atoms with van der Waals surface area (Å²) in [5, 5.41) is 8.47. The topological polar surface area (TPSA) is 50.9 Å². The van der Waals surface area contributed by atoms with E-state index in [1.54, 1.807) is 12.1 Å². The first-order valence-corrected chi connectivity index (χ1v) is 7.05. The molecule has 0 bridgehead atoms. The first-order chi connectivity index (χ1) is 11.2. The third-order valence-electron chi connectivity index (χ3n) is 3.06. The predicted octanol–water partition coefficient (Wildman–Crippen LogP) is 3.28. The average molecular weight is 305 g/mol. The van der Waals surface area contributed by atoms with Gasteiger partial charge in [-0.2, -0.15) is 0 Å². The van der Waals surface area contributed by atoms with Gasteiger partial charge in [-0.1, -0.05) is 48.2 Å². The minimum atomic E-state index is -0.958. The van der Waals surface area contributed by atoms with Gasteiger partial charge in [-0.25, -0.2) is 9.64 Å². The van der Waals surface area contributed by atoms with Gasteiger partial charge in [-0.3, -0.25) is 0 Å². The molecule has 0 aliphatic carbocycles. The molecule has 2 rings (SSSR count). The molecule has 0 unspecified atom stereocenters. The van der Waals surface area contributed by atoms with Crippen LogP contribution in [0.4, 0.5) is 5.69 Å². The van der Waals surface area contributed by atoms with Gasteiger partial charge in [0.15, 0.2) is 5.69 Å². The molecule has 0 aliphatic heterocycles. The van der Waals surface area contributed by atoms with Crippen molar-refractivity contribution in [2.24, 2.45) is 0 Å². The van der Waals surface area contributed by atoms with Crippen LogP contribution >= 0.6 is 0 Å². The van der Waals surface area contributed by atoms with Gasteiger partial charge in [-0.05, 0) is 24.1 Å². The summed E-state index contributed by atoms with van der Waals surface area (Å²) in [6.07, 6.45) is 0.666. The maximum absolute atomic E-state index is 10.3. The molecule has 0 aliphatic rings. The van der Waals surface area contributed by atoms with E-state index in [4.69, 9.17) is 16.4 Å². The summed E-state index contributed by atoms with van der Waals surface area (Å²) in [5.74, 6) is 5.17. The fourth-order valence-electron chi connectivity index (χ4n) is 1.87. The van der Waals surface area contributed by atoms with Crippen LogP contribution < -0.4 is 0 Å². The molecule has 0 aromatic heterocycles. The van der Waals surface area contributed by atoms with Crippen molar-refractivity contribution in [3.63, 3.8) is 0 Å². The highest BCUT2D eigenvalue weighted by molar-refractivity contribution is 5.67. The van der Waals surface area contributed by atoms with Crippen LogP contribution in [-0.4, -0.2) is 24.3 Å². The number of hydrogen-bond donors (Lipinski definition) is 1. The Bertz CT molecular complexity index is 759. The lowest BCUT2D eigenvalue weighted by Crippen LogP contribution is -2.08. The smallest absolute Gasteiger partial charge is 0.329 e. The number of ether oxygens (including phenoxy) is 1. The van der Waals surface area contributed by atoms with Gasteiger partial charge in [-0.15, -0.1) is 0 Å². The van der Waals surface area contributed by atoms with Crippen LogP contribution in [0.1, 0.15) is 16.7 Å². The SMILES string of the molecule is [C-]#[N+]c1ccc(C#Cc2ccc(CCOCC(=O)O)cc2)cc1. The second-order valence-electron chi connectivity index (χ2n) is 4.80. The van der Waals surface area contributed by atoms with E-state index in [0.717, 1.165) is 16.7 Å². The molecule has 0 spiro atoms. The maximum atomic E-state index is 10.3. The molecule has 23 heavy (non-hydrogen) atoms. The molecule has 4 nitrogen and oxygen atoms in total. The number of rotatable bonds is 5. The second-order valence-corrected chi connectivity index (χ2v) is 4.80. The summed E-state index contributed by atoms with van der Waals surface area (Å²) in [6, 6.07) is 14.9. The second kappa shape index (κ2) is 8.38. The van der Waals surface area contributed by atoms with Crippen LogP contribution in [0.25, 0.3) is 4.85 Å². The average Bonchev–Trinajstić information content (AvgIpc) is 2.58. The summed E-state index contributed by atoms with van der Waals surface area (Å²) < 4.78 is 5.00. The fraction of sp³-hybridized carbons (Fsp3) is 0.158. The molecule has 0 amide bonds. The third-order valence-corrected chi connectivity index (χ3v) is 3.06. The standard InChI is InChI=1S/C19H15NO3/c1-20-18-10-8-16(9-11-18)3-2-15-4-6-17(7-5-15)12-13-23-14-19(21)22/h4-11H,12-14H2,(H,21,22). The molecule has 2 aromatic rings.